The number of thioether (sulfide) groups is 1. The van der Waals surface area contributed by atoms with Crippen molar-refractivity contribution in [3.8, 4) is 17.2 Å². The van der Waals surface area contributed by atoms with Crippen molar-refractivity contribution in [2.75, 3.05) is 19.5 Å². The van der Waals surface area contributed by atoms with Gasteiger partial charge in [0.1, 0.15) is 0 Å². The van der Waals surface area contributed by atoms with Gasteiger partial charge in [0.25, 0.3) is 5.91 Å². The van der Waals surface area contributed by atoms with Gasteiger partial charge in [-0.15, -0.1) is 16.9 Å². The fourth-order valence-electron chi connectivity index (χ4n) is 3.06. The molecule has 0 radical (unpaired) electrons. The van der Waals surface area contributed by atoms with Crippen LogP contribution in [0.4, 0.5) is 5.69 Å². The zero-order valence-corrected chi connectivity index (χ0v) is 18.4. The molecule has 0 bridgehead atoms. The molecule has 1 aromatic heterocycles. The van der Waals surface area contributed by atoms with Crippen LogP contribution in [0.3, 0.4) is 0 Å². The van der Waals surface area contributed by atoms with Gasteiger partial charge in [-0.3, -0.25) is 4.79 Å². The van der Waals surface area contributed by atoms with Crippen LogP contribution in [0.15, 0.2) is 77.7 Å². The number of amides is 1. The summed E-state index contributed by atoms with van der Waals surface area (Å²) in [4.78, 5) is 13.7. The highest BCUT2D eigenvalue weighted by molar-refractivity contribution is 7.98. The molecule has 4 aromatic rings. The van der Waals surface area contributed by atoms with Gasteiger partial charge in [-0.05, 0) is 59.0 Å². The highest BCUT2D eigenvalue weighted by Gasteiger charge is 2.12. The summed E-state index contributed by atoms with van der Waals surface area (Å²) in [5.74, 6) is 2.15. The summed E-state index contributed by atoms with van der Waals surface area (Å²) < 4.78 is 12.2. The Bertz CT molecular complexity index is 1210. The summed E-state index contributed by atoms with van der Waals surface area (Å²) >= 11 is 1.58. The Hall–Kier alpha value is -3.85. The number of anilines is 1. The van der Waals surface area contributed by atoms with Gasteiger partial charge in [-0.2, -0.15) is 4.68 Å². The number of aromatic nitrogens is 4. The number of para-hydroxylation sites is 1. The molecular weight excluding hydrogens is 426 g/mol. The van der Waals surface area contributed by atoms with Crippen LogP contribution in [0.2, 0.25) is 0 Å². The first-order valence-corrected chi connectivity index (χ1v) is 10.8. The van der Waals surface area contributed by atoms with Crippen molar-refractivity contribution >= 4 is 23.4 Å². The maximum Gasteiger partial charge on any atom is 0.255 e. The fourth-order valence-corrected chi connectivity index (χ4v) is 3.92. The Morgan fingerprint density at radius 1 is 0.969 bits per heavy atom. The number of methoxy groups -OCH3 is 2. The molecule has 1 amide bonds. The number of benzene rings is 3. The van der Waals surface area contributed by atoms with E-state index in [2.05, 4.69) is 20.8 Å². The normalized spacial score (nSPS) is 10.6. The van der Waals surface area contributed by atoms with Crippen LogP contribution < -0.4 is 14.8 Å². The smallest absolute Gasteiger partial charge is 0.255 e. The van der Waals surface area contributed by atoms with Crippen LogP contribution >= 0.6 is 11.8 Å². The number of nitrogens with one attached hydrogen (secondary N) is 1. The van der Waals surface area contributed by atoms with Crippen molar-refractivity contribution in [2.24, 2.45) is 0 Å². The minimum absolute atomic E-state index is 0.235. The lowest BCUT2D eigenvalue weighted by Crippen LogP contribution is -2.12. The molecule has 0 aliphatic carbocycles. The number of ether oxygens (including phenoxy) is 2. The zero-order valence-electron chi connectivity index (χ0n) is 17.6. The van der Waals surface area contributed by atoms with Crippen molar-refractivity contribution in [1.29, 1.82) is 0 Å². The Balaban J connectivity index is 1.44. The van der Waals surface area contributed by atoms with Crippen molar-refractivity contribution in [3.05, 3.63) is 84.2 Å². The molecule has 9 heteroatoms. The summed E-state index contributed by atoms with van der Waals surface area (Å²) in [6.07, 6.45) is 0. The van der Waals surface area contributed by atoms with Crippen molar-refractivity contribution in [2.45, 2.75) is 10.6 Å². The molecule has 32 heavy (non-hydrogen) atoms. The predicted octanol–water partition coefficient (Wildman–Crippen LogP) is 4.22. The minimum Gasteiger partial charge on any atom is -0.493 e. The molecule has 0 saturated heterocycles. The second kappa shape index (κ2) is 9.97. The van der Waals surface area contributed by atoms with Gasteiger partial charge < -0.3 is 14.8 Å². The largest absolute Gasteiger partial charge is 0.493 e. The lowest BCUT2D eigenvalue weighted by atomic mass is 10.2. The summed E-state index contributed by atoms with van der Waals surface area (Å²) in [5.41, 5.74) is 2.07. The third kappa shape index (κ3) is 4.89. The van der Waals surface area contributed by atoms with Gasteiger partial charge in [-0.25, -0.2) is 0 Å². The number of rotatable bonds is 8. The minimum atomic E-state index is -0.235. The SMILES string of the molecule is COc1ccc(C(=O)Nc2cccc(SCc3nnnn3-c3ccccc3)c2)cc1OC. The monoisotopic (exact) mass is 447 g/mol. The van der Waals surface area contributed by atoms with Gasteiger partial charge in [0.2, 0.25) is 0 Å². The average Bonchev–Trinajstić information content (AvgIpc) is 3.32. The topological polar surface area (TPSA) is 91.2 Å². The standard InChI is InChI=1S/C23H21N5O3S/c1-30-20-12-11-16(13-21(20)31-2)23(29)24-17-7-6-10-19(14-17)32-15-22-25-26-27-28(22)18-8-4-3-5-9-18/h3-14H,15H2,1-2H3,(H,24,29). The van der Waals surface area contributed by atoms with E-state index in [0.717, 1.165) is 16.4 Å². The Kier molecular flexibility index (Phi) is 6.66. The number of carbonyl (C=O) groups is 1. The van der Waals surface area contributed by atoms with Gasteiger partial charge in [0.05, 0.1) is 25.7 Å². The van der Waals surface area contributed by atoms with E-state index >= 15 is 0 Å². The van der Waals surface area contributed by atoms with E-state index in [1.165, 1.54) is 7.11 Å². The van der Waals surface area contributed by atoms with Crippen LogP contribution in [-0.2, 0) is 5.75 Å². The van der Waals surface area contributed by atoms with E-state index < -0.39 is 0 Å². The van der Waals surface area contributed by atoms with Gasteiger partial charge in [-0.1, -0.05) is 24.3 Å². The van der Waals surface area contributed by atoms with Crippen LogP contribution in [0.5, 0.6) is 11.5 Å². The van der Waals surface area contributed by atoms with E-state index in [9.17, 15) is 4.79 Å². The molecule has 0 saturated carbocycles. The van der Waals surface area contributed by atoms with Crippen LogP contribution in [0, 0.1) is 0 Å². The maximum atomic E-state index is 12.7. The van der Waals surface area contributed by atoms with E-state index in [1.807, 2.05) is 54.6 Å². The molecule has 0 spiro atoms. The second-order valence-electron chi connectivity index (χ2n) is 6.68. The summed E-state index contributed by atoms with van der Waals surface area (Å²) in [6, 6.07) is 22.4. The molecular formula is C23H21N5O3S. The lowest BCUT2D eigenvalue weighted by molar-refractivity contribution is 0.102. The third-order valence-electron chi connectivity index (χ3n) is 4.64. The first-order valence-electron chi connectivity index (χ1n) is 9.77. The summed E-state index contributed by atoms with van der Waals surface area (Å²) in [6.45, 7) is 0. The van der Waals surface area contributed by atoms with Crippen LogP contribution in [0.25, 0.3) is 5.69 Å². The number of hydrogen-bond donors (Lipinski definition) is 1. The molecule has 0 unspecified atom stereocenters. The number of nitrogens with zero attached hydrogens (tertiary/aromatic N) is 4. The summed E-state index contributed by atoms with van der Waals surface area (Å²) in [7, 11) is 3.09. The van der Waals surface area contributed by atoms with Crippen molar-refractivity contribution < 1.29 is 14.3 Å². The maximum absolute atomic E-state index is 12.7. The summed E-state index contributed by atoms with van der Waals surface area (Å²) in [5, 5.41) is 14.9. The third-order valence-corrected chi connectivity index (χ3v) is 5.63. The first kappa shape index (κ1) is 21.4. The van der Waals surface area contributed by atoms with Gasteiger partial charge in [0.15, 0.2) is 17.3 Å². The average molecular weight is 448 g/mol. The molecule has 3 aromatic carbocycles. The van der Waals surface area contributed by atoms with E-state index in [1.54, 1.807) is 41.8 Å². The second-order valence-corrected chi connectivity index (χ2v) is 7.73. The van der Waals surface area contributed by atoms with Crippen LogP contribution in [0.1, 0.15) is 16.2 Å². The number of tetrazole rings is 1. The highest BCUT2D eigenvalue weighted by atomic mass is 32.2. The Labute approximate surface area is 189 Å². The highest BCUT2D eigenvalue weighted by Crippen LogP contribution is 2.29. The molecule has 0 fully saturated rings. The van der Waals surface area contributed by atoms with Crippen LogP contribution in [-0.4, -0.2) is 40.3 Å². The van der Waals surface area contributed by atoms with Gasteiger partial charge in [0, 0.05) is 16.1 Å². The molecule has 4 rings (SSSR count). The van der Waals surface area contributed by atoms with Crippen molar-refractivity contribution in [1.82, 2.24) is 20.2 Å². The first-order chi connectivity index (χ1) is 15.7. The van der Waals surface area contributed by atoms with E-state index in [4.69, 9.17) is 9.47 Å². The number of carbonyl (C=O) groups excluding carboxylic acids is 1. The molecule has 162 valence electrons. The van der Waals surface area contributed by atoms with E-state index in [0.29, 0.717) is 28.5 Å². The molecule has 0 atom stereocenters. The van der Waals surface area contributed by atoms with Crippen molar-refractivity contribution in [3.63, 3.8) is 0 Å². The Morgan fingerprint density at radius 2 is 1.78 bits per heavy atom. The zero-order chi connectivity index (χ0) is 22.3. The lowest BCUT2D eigenvalue weighted by Gasteiger charge is -2.11. The quantitative estimate of drug-likeness (QED) is 0.404. The molecule has 1 N–H and O–H groups in total. The fraction of sp³-hybridized carbons (Fsp3) is 0.130. The van der Waals surface area contributed by atoms with Gasteiger partial charge >= 0.3 is 0 Å². The molecule has 8 nitrogen and oxygen atoms in total. The predicted molar refractivity (Wildman–Crippen MR) is 123 cm³/mol. The molecule has 1 heterocycles. The molecule has 0 aliphatic rings. The number of hydrogen-bond acceptors (Lipinski definition) is 7. The van der Waals surface area contributed by atoms with E-state index in [-0.39, 0.29) is 5.91 Å². The molecule has 0 aliphatic heterocycles. The Morgan fingerprint density at radius 3 is 2.56 bits per heavy atom.